The zero-order chi connectivity index (χ0) is 19.3. The predicted octanol–water partition coefficient (Wildman–Crippen LogP) is 2.23. The third kappa shape index (κ3) is 4.87. The second-order valence-electron chi connectivity index (χ2n) is 5.51. The van der Waals surface area contributed by atoms with E-state index in [4.69, 9.17) is 14.6 Å². The van der Waals surface area contributed by atoms with E-state index in [1.54, 1.807) is 25.3 Å². The number of urea groups is 1. The Labute approximate surface area is 152 Å². The second kappa shape index (κ2) is 8.07. The lowest BCUT2D eigenvalue weighted by molar-refractivity contribution is 0.249. The molecule has 0 aliphatic rings. The van der Waals surface area contributed by atoms with Crippen LogP contribution in [0.15, 0.2) is 47.4 Å². The van der Waals surface area contributed by atoms with Crippen LogP contribution in [0.5, 0.6) is 11.5 Å². The first-order chi connectivity index (χ1) is 12.2. The van der Waals surface area contributed by atoms with Gasteiger partial charge in [0.05, 0.1) is 25.2 Å². The number of carbonyl (C=O) groups excluding carboxylic acids is 1. The quantitative estimate of drug-likeness (QED) is 0.711. The van der Waals surface area contributed by atoms with Gasteiger partial charge in [-0.1, -0.05) is 12.1 Å². The summed E-state index contributed by atoms with van der Waals surface area (Å²) in [4.78, 5) is 12.1. The van der Waals surface area contributed by atoms with Crippen molar-refractivity contribution >= 4 is 21.7 Å². The molecule has 2 aromatic rings. The van der Waals surface area contributed by atoms with Gasteiger partial charge in [-0.3, -0.25) is 0 Å². The molecule has 26 heavy (non-hydrogen) atoms. The van der Waals surface area contributed by atoms with Crippen molar-refractivity contribution < 1.29 is 22.7 Å². The molecular formula is C17H21N3O5S. The average Bonchev–Trinajstić information content (AvgIpc) is 2.60. The van der Waals surface area contributed by atoms with Crippen LogP contribution in [0.3, 0.4) is 0 Å². The number of amides is 2. The van der Waals surface area contributed by atoms with Gasteiger partial charge in [0, 0.05) is 5.69 Å². The van der Waals surface area contributed by atoms with Crippen LogP contribution >= 0.6 is 0 Å². The number of carbonyl (C=O) groups is 1. The molecule has 0 aliphatic carbocycles. The molecule has 0 saturated heterocycles. The summed E-state index contributed by atoms with van der Waals surface area (Å²) in [6.07, 6.45) is 0. The molecule has 0 fully saturated rings. The third-order valence-electron chi connectivity index (χ3n) is 3.68. The van der Waals surface area contributed by atoms with Gasteiger partial charge in [-0.05, 0) is 42.8 Å². The van der Waals surface area contributed by atoms with Crippen molar-refractivity contribution in [2.75, 3.05) is 19.5 Å². The van der Waals surface area contributed by atoms with Gasteiger partial charge in [0.15, 0.2) is 11.5 Å². The number of primary sulfonamides is 1. The van der Waals surface area contributed by atoms with Crippen molar-refractivity contribution in [1.82, 2.24) is 5.32 Å². The maximum absolute atomic E-state index is 12.2. The van der Waals surface area contributed by atoms with Crippen LogP contribution in [-0.2, 0) is 10.0 Å². The van der Waals surface area contributed by atoms with Gasteiger partial charge in [-0.2, -0.15) is 0 Å². The highest BCUT2D eigenvalue weighted by Gasteiger charge is 2.14. The van der Waals surface area contributed by atoms with E-state index in [0.29, 0.717) is 17.2 Å². The van der Waals surface area contributed by atoms with Crippen molar-refractivity contribution in [3.05, 3.63) is 48.0 Å². The maximum atomic E-state index is 12.2. The third-order valence-corrected chi connectivity index (χ3v) is 4.59. The van der Waals surface area contributed by atoms with E-state index in [1.165, 1.54) is 25.3 Å². The number of benzene rings is 2. The molecule has 0 bridgehead atoms. The Bertz CT molecular complexity index is 899. The molecule has 8 nitrogen and oxygen atoms in total. The molecule has 0 heterocycles. The molecule has 0 aromatic heterocycles. The minimum absolute atomic E-state index is 0.0803. The Morgan fingerprint density at radius 2 is 1.77 bits per heavy atom. The highest BCUT2D eigenvalue weighted by Crippen LogP contribution is 2.29. The van der Waals surface area contributed by atoms with Gasteiger partial charge in [0.25, 0.3) is 0 Å². The monoisotopic (exact) mass is 379 g/mol. The molecule has 140 valence electrons. The van der Waals surface area contributed by atoms with E-state index in [0.717, 1.165) is 5.56 Å². The largest absolute Gasteiger partial charge is 0.493 e. The molecule has 0 radical (unpaired) electrons. The molecule has 1 atom stereocenters. The topological polar surface area (TPSA) is 120 Å². The van der Waals surface area contributed by atoms with Gasteiger partial charge in [-0.25, -0.2) is 18.4 Å². The summed E-state index contributed by atoms with van der Waals surface area (Å²) in [6.45, 7) is 1.81. The number of nitrogens with one attached hydrogen (secondary N) is 2. The molecule has 0 aliphatic heterocycles. The van der Waals surface area contributed by atoms with E-state index in [-0.39, 0.29) is 10.9 Å². The first-order valence-corrected chi connectivity index (χ1v) is 9.21. The highest BCUT2D eigenvalue weighted by molar-refractivity contribution is 7.89. The molecule has 0 spiro atoms. The molecule has 0 unspecified atom stereocenters. The Kier molecular flexibility index (Phi) is 6.06. The number of hydrogen-bond donors (Lipinski definition) is 3. The van der Waals surface area contributed by atoms with Crippen LogP contribution in [0.2, 0.25) is 0 Å². The van der Waals surface area contributed by atoms with Gasteiger partial charge < -0.3 is 20.1 Å². The smallest absolute Gasteiger partial charge is 0.319 e. The van der Waals surface area contributed by atoms with Gasteiger partial charge in [0.1, 0.15) is 0 Å². The van der Waals surface area contributed by atoms with Crippen LogP contribution in [0.4, 0.5) is 10.5 Å². The first-order valence-electron chi connectivity index (χ1n) is 7.67. The number of ether oxygens (including phenoxy) is 2. The lowest BCUT2D eigenvalue weighted by atomic mass is 10.1. The van der Waals surface area contributed by atoms with E-state index in [2.05, 4.69) is 10.6 Å². The summed E-state index contributed by atoms with van der Waals surface area (Å²) in [7, 11) is -0.762. The van der Waals surface area contributed by atoms with E-state index >= 15 is 0 Å². The van der Waals surface area contributed by atoms with Crippen molar-refractivity contribution in [3.63, 3.8) is 0 Å². The SMILES string of the molecule is COc1ccc([C@H](C)NC(=O)Nc2cccc(S(N)(=O)=O)c2)cc1OC. The van der Waals surface area contributed by atoms with Crippen molar-refractivity contribution in [2.24, 2.45) is 5.14 Å². The Morgan fingerprint density at radius 1 is 1.08 bits per heavy atom. The van der Waals surface area contributed by atoms with Gasteiger partial charge in [0.2, 0.25) is 10.0 Å². The zero-order valence-corrected chi connectivity index (χ0v) is 15.5. The molecule has 9 heteroatoms. The minimum atomic E-state index is -3.84. The predicted molar refractivity (Wildman–Crippen MR) is 97.9 cm³/mol. The highest BCUT2D eigenvalue weighted by atomic mass is 32.2. The fraction of sp³-hybridized carbons (Fsp3) is 0.235. The second-order valence-corrected chi connectivity index (χ2v) is 7.07. The van der Waals surface area contributed by atoms with E-state index in [1.807, 2.05) is 13.0 Å². The van der Waals surface area contributed by atoms with Gasteiger partial charge in [-0.15, -0.1) is 0 Å². The maximum Gasteiger partial charge on any atom is 0.319 e. The summed E-state index contributed by atoms with van der Waals surface area (Å²) in [6, 6.07) is 10.2. The zero-order valence-electron chi connectivity index (χ0n) is 14.6. The van der Waals surface area contributed by atoms with Crippen LogP contribution in [0.1, 0.15) is 18.5 Å². The number of rotatable bonds is 6. The van der Waals surface area contributed by atoms with Gasteiger partial charge >= 0.3 is 6.03 Å². The lowest BCUT2D eigenvalue weighted by Crippen LogP contribution is -2.31. The number of nitrogens with two attached hydrogens (primary N) is 1. The fourth-order valence-electron chi connectivity index (χ4n) is 2.32. The molecule has 0 saturated carbocycles. The first kappa shape index (κ1) is 19.5. The van der Waals surface area contributed by atoms with Crippen molar-refractivity contribution in [1.29, 1.82) is 0 Å². The van der Waals surface area contributed by atoms with Crippen LogP contribution in [0, 0.1) is 0 Å². The number of sulfonamides is 1. The standard InChI is InChI=1S/C17H21N3O5S/c1-11(12-7-8-15(24-2)16(9-12)25-3)19-17(21)20-13-5-4-6-14(10-13)26(18,22)23/h4-11H,1-3H3,(H2,18,22,23)(H2,19,20,21)/t11-/m0/s1. The number of hydrogen-bond acceptors (Lipinski definition) is 5. The Balaban J connectivity index is 2.08. The summed E-state index contributed by atoms with van der Waals surface area (Å²) in [5, 5.41) is 10.4. The van der Waals surface area contributed by atoms with E-state index in [9.17, 15) is 13.2 Å². The number of methoxy groups -OCH3 is 2. The van der Waals surface area contributed by atoms with Crippen LogP contribution in [0.25, 0.3) is 0 Å². The molecule has 4 N–H and O–H groups in total. The lowest BCUT2D eigenvalue weighted by Gasteiger charge is -2.17. The molecular weight excluding hydrogens is 358 g/mol. The Morgan fingerprint density at radius 3 is 2.38 bits per heavy atom. The fourth-order valence-corrected chi connectivity index (χ4v) is 2.88. The van der Waals surface area contributed by atoms with Crippen LogP contribution < -0.4 is 25.2 Å². The van der Waals surface area contributed by atoms with Crippen molar-refractivity contribution in [3.8, 4) is 11.5 Å². The average molecular weight is 379 g/mol. The normalized spacial score (nSPS) is 12.2. The summed E-state index contributed by atoms with van der Waals surface area (Å²) in [5.74, 6) is 1.15. The minimum Gasteiger partial charge on any atom is -0.493 e. The summed E-state index contributed by atoms with van der Waals surface area (Å²) >= 11 is 0. The molecule has 2 rings (SSSR count). The molecule has 2 amide bonds. The molecule has 2 aromatic carbocycles. The van der Waals surface area contributed by atoms with E-state index < -0.39 is 16.1 Å². The summed E-state index contributed by atoms with van der Waals surface area (Å²) in [5.41, 5.74) is 1.13. The summed E-state index contributed by atoms with van der Waals surface area (Å²) < 4.78 is 33.2. The number of anilines is 1. The van der Waals surface area contributed by atoms with Crippen LogP contribution in [-0.4, -0.2) is 28.7 Å². The Hall–Kier alpha value is -2.78. The van der Waals surface area contributed by atoms with Crippen molar-refractivity contribution in [2.45, 2.75) is 17.9 Å².